The highest BCUT2D eigenvalue weighted by atomic mass is 16.5. The Bertz CT molecular complexity index is 406. The number of rotatable bonds is 5. The van der Waals surface area contributed by atoms with E-state index in [0.717, 1.165) is 0 Å². The zero-order valence-electron chi connectivity index (χ0n) is 10.8. The van der Waals surface area contributed by atoms with E-state index >= 15 is 0 Å². The van der Waals surface area contributed by atoms with Crippen LogP contribution in [0.4, 0.5) is 5.69 Å². The first kappa shape index (κ1) is 14.0. The summed E-state index contributed by atoms with van der Waals surface area (Å²) in [5.74, 6) is -0.916. The molecule has 1 aromatic rings. The van der Waals surface area contributed by atoms with Gasteiger partial charge in [-0.3, -0.25) is 0 Å². The van der Waals surface area contributed by atoms with Gasteiger partial charge in [-0.05, 0) is 32.0 Å². The largest absolute Gasteiger partial charge is 0.462 e. The summed E-state index contributed by atoms with van der Waals surface area (Å²) in [6.45, 7) is 4.03. The van der Waals surface area contributed by atoms with Crippen LogP contribution < -0.4 is 5.32 Å². The number of anilines is 1. The molecule has 0 aliphatic carbocycles. The van der Waals surface area contributed by atoms with Crippen LogP contribution in [0.15, 0.2) is 18.2 Å². The third-order valence-electron chi connectivity index (χ3n) is 2.24. The highest BCUT2D eigenvalue weighted by molar-refractivity contribution is 5.97. The lowest BCUT2D eigenvalue weighted by molar-refractivity contribution is 0.0525. The van der Waals surface area contributed by atoms with Gasteiger partial charge in [-0.15, -0.1) is 0 Å². The van der Waals surface area contributed by atoms with E-state index in [1.165, 1.54) is 6.07 Å². The molecule has 0 heterocycles. The molecular formula is C13H17NO4. The Kier molecular flexibility index (Phi) is 5.17. The van der Waals surface area contributed by atoms with Crippen molar-refractivity contribution in [1.29, 1.82) is 0 Å². The Labute approximate surface area is 106 Å². The fraction of sp³-hybridized carbons (Fsp3) is 0.385. The second kappa shape index (κ2) is 6.64. The van der Waals surface area contributed by atoms with Crippen molar-refractivity contribution in [2.75, 3.05) is 25.6 Å². The fourth-order valence-electron chi connectivity index (χ4n) is 1.44. The summed E-state index contributed by atoms with van der Waals surface area (Å²) in [5.41, 5.74) is 1.31. The molecule has 1 rings (SSSR count). The molecule has 1 aromatic carbocycles. The molecule has 0 aromatic heterocycles. The second-order valence-corrected chi connectivity index (χ2v) is 3.49. The highest BCUT2D eigenvalue weighted by Crippen LogP contribution is 2.16. The van der Waals surface area contributed by atoms with Gasteiger partial charge < -0.3 is 14.8 Å². The Morgan fingerprint density at radius 2 is 1.44 bits per heavy atom. The van der Waals surface area contributed by atoms with Gasteiger partial charge >= 0.3 is 11.9 Å². The number of benzene rings is 1. The summed E-state index contributed by atoms with van der Waals surface area (Å²) in [5, 5.41) is 2.89. The lowest BCUT2D eigenvalue weighted by Crippen LogP contribution is -2.10. The minimum Gasteiger partial charge on any atom is -0.462 e. The van der Waals surface area contributed by atoms with Crippen molar-refractivity contribution in [3.8, 4) is 0 Å². The summed E-state index contributed by atoms with van der Waals surface area (Å²) in [4.78, 5) is 23.3. The van der Waals surface area contributed by atoms with Crippen LogP contribution in [0.2, 0.25) is 0 Å². The normalized spacial score (nSPS) is 9.72. The monoisotopic (exact) mass is 251 g/mol. The van der Waals surface area contributed by atoms with Crippen molar-refractivity contribution < 1.29 is 19.1 Å². The van der Waals surface area contributed by atoms with Gasteiger partial charge in [0.1, 0.15) is 0 Å². The summed E-state index contributed by atoms with van der Waals surface area (Å²) in [6, 6.07) is 4.72. The van der Waals surface area contributed by atoms with E-state index in [2.05, 4.69) is 5.32 Å². The van der Waals surface area contributed by atoms with Gasteiger partial charge in [0.2, 0.25) is 0 Å². The van der Waals surface area contributed by atoms with Crippen LogP contribution in [0.5, 0.6) is 0 Å². The zero-order valence-corrected chi connectivity index (χ0v) is 10.8. The predicted octanol–water partition coefficient (Wildman–Crippen LogP) is 2.08. The quantitative estimate of drug-likeness (QED) is 0.812. The van der Waals surface area contributed by atoms with Crippen molar-refractivity contribution in [2.45, 2.75) is 13.8 Å². The number of ether oxygens (including phenoxy) is 2. The van der Waals surface area contributed by atoms with Crippen LogP contribution in [0, 0.1) is 0 Å². The van der Waals surface area contributed by atoms with Crippen molar-refractivity contribution in [1.82, 2.24) is 0 Å². The van der Waals surface area contributed by atoms with Crippen molar-refractivity contribution in [3.05, 3.63) is 29.3 Å². The van der Waals surface area contributed by atoms with Crippen LogP contribution >= 0.6 is 0 Å². The summed E-state index contributed by atoms with van der Waals surface area (Å²) < 4.78 is 9.81. The van der Waals surface area contributed by atoms with Gasteiger partial charge in [-0.25, -0.2) is 9.59 Å². The molecule has 0 aliphatic heterocycles. The van der Waals surface area contributed by atoms with Gasteiger partial charge in [-0.2, -0.15) is 0 Å². The third kappa shape index (κ3) is 3.48. The van der Waals surface area contributed by atoms with Gasteiger partial charge in [0.15, 0.2) is 0 Å². The number of nitrogens with one attached hydrogen (secondary N) is 1. The van der Waals surface area contributed by atoms with E-state index in [1.54, 1.807) is 33.0 Å². The van der Waals surface area contributed by atoms with Crippen LogP contribution in [-0.4, -0.2) is 32.2 Å². The van der Waals surface area contributed by atoms with Crippen molar-refractivity contribution >= 4 is 17.6 Å². The molecular weight excluding hydrogens is 234 g/mol. The van der Waals surface area contributed by atoms with Crippen molar-refractivity contribution in [2.24, 2.45) is 0 Å². The molecule has 0 fully saturated rings. The average Bonchev–Trinajstić information content (AvgIpc) is 2.38. The summed E-state index contributed by atoms with van der Waals surface area (Å²) in [7, 11) is 1.71. The van der Waals surface area contributed by atoms with Gasteiger partial charge in [0, 0.05) is 12.7 Å². The Balaban J connectivity index is 3.08. The van der Waals surface area contributed by atoms with Gasteiger partial charge in [0.05, 0.1) is 24.3 Å². The second-order valence-electron chi connectivity index (χ2n) is 3.49. The maximum atomic E-state index is 11.6. The van der Waals surface area contributed by atoms with E-state index in [9.17, 15) is 9.59 Å². The molecule has 1 N–H and O–H groups in total. The molecule has 5 nitrogen and oxygen atoms in total. The molecule has 0 bridgehead atoms. The standard InChI is InChI=1S/C13H17NO4/c1-4-17-12(15)9-6-10(13(16)18-5-2)8-11(7-9)14-3/h6-8,14H,4-5H2,1-3H3. The van der Waals surface area contributed by atoms with Crippen LogP contribution in [0.25, 0.3) is 0 Å². The molecule has 0 saturated heterocycles. The third-order valence-corrected chi connectivity index (χ3v) is 2.24. The summed E-state index contributed by atoms with van der Waals surface area (Å²) in [6.07, 6.45) is 0. The molecule has 0 aliphatic rings. The molecule has 18 heavy (non-hydrogen) atoms. The Morgan fingerprint density at radius 1 is 1.00 bits per heavy atom. The first-order chi connectivity index (χ1) is 8.62. The number of esters is 2. The number of hydrogen-bond acceptors (Lipinski definition) is 5. The minimum absolute atomic E-state index is 0.289. The molecule has 5 heteroatoms. The van der Waals surface area contributed by atoms with E-state index in [-0.39, 0.29) is 13.2 Å². The van der Waals surface area contributed by atoms with Crippen LogP contribution in [0.1, 0.15) is 34.6 Å². The first-order valence-electron chi connectivity index (χ1n) is 5.79. The molecule has 0 atom stereocenters. The van der Waals surface area contributed by atoms with E-state index < -0.39 is 11.9 Å². The molecule has 0 amide bonds. The lowest BCUT2D eigenvalue weighted by Gasteiger charge is -2.08. The highest BCUT2D eigenvalue weighted by Gasteiger charge is 2.14. The van der Waals surface area contributed by atoms with E-state index in [1.807, 2.05) is 0 Å². The zero-order chi connectivity index (χ0) is 13.5. The molecule has 0 radical (unpaired) electrons. The molecule has 98 valence electrons. The first-order valence-corrected chi connectivity index (χ1v) is 5.79. The predicted molar refractivity (Wildman–Crippen MR) is 67.9 cm³/mol. The van der Waals surface area contributed by atoms with E-state index in [4.69, 9.17) is 9.47 Å². The smallest absolute Gasteiger partial charge is 0.338 e. The number of carbonyl (C=O) groups is 2. The van der Waals surface area contributed by atoms with Crippen molar-refractivity contribution in [3.63, 3.8) is 0 Å². The van der Waals surface area contributed by atoms with Crippen LogP contribution in [0.3, 0.4) is 0 Å². The topological polar surface area (TPSA) is 64.6 Å². The number of carbonyl (C=O) groups excluding carboxylic acids is 2. The van der Waals surface area contributed by atoms with Crippen LogP contribution in [-0.2, 0) is 9.47 Å². The summed E-state index contributed by atoms with van der Waals surface area (Å²) >= 11 is 0. The van der Waals surface area contributed by atoms with Gasteiger partial charge in [0.25, 0.3) is 0 Å². The van der Waals surface area contributed by atoms with Gasteiger partial charge in [-0.1, -0.05) is 0 Å². The maximum Gasteiger partial charge on any atom is 0.338 e. The Hall–Kier alpha value is -2.04. The average molecular weight is 251 g/mol. The maximum absolute atomic E-state index is 11.6. The minimum atomic E-state index is -0.458. The molecule has 0 unspecified atom stereocenters. The fourth-order valence-corrected chi connectivity index (χ4v) is 1.44. The molecule has 0 saturated carbocycles. The SMILES string of the molecule is CCOC(=O)c1cc(NC)cc(C(=O)OCC)c1. The number of hydrogen-bond donors (Lipinski definition) is 1. The Morgan fingerprint density at radius 3 is 1.78 bits per heavy atom. The molecule has 0 spiro atoms. The lowest BCUT2D eigenvalue weighted by atomic mass is 10.1. The van der Waals surface area contributed by atoms with E-state index in [0.29, 0.717) is 16.8 Å².